The molecule has 2 unspecified atom stereocenters. The first-order valence-corrected chi connectivity index (χ1v) is 9.94. The van der Waals surface area contributed by atoms with Crippen molar-refractivity contribution in [3.63, 3.8) is 0 Å². The van der Waals surface area contributed by atoms with E-state index < -0.39 is 18.0 Å². The maximum Gasteiger partial charge on any atom is 0.434 e. The third-order valence-corrected chi connectivity index (χ3v) is 5.21. The molecule has 1 amide bonds. The summed E-state index contributed by atoms with van der Waals surface area (Å²) in [6.45, 7) is 4.16. The molecule has 0 saturated carbocycles. The Morgan fingerprint density at radius 2 is 1.88 bits per heavy atom. The van der Waals surface area contributed by atoms with Crippen LogP contribution in [0.3, 0.4) is 0 Å². The molecular weight excluding hydrogens is 427 g/mol. The van der Waals surface area contributed by atoms with E-state index in [9.17, 15) is 18.0 Å². The lowest BCUT2D eigenvalue weighted by molar-refractivity contribution is -0.141. The third-order valence-electron chi connectivity index (χ3n) is 5.21. The van der Waals surface area contributed by atoms with E-state index in [2.05, 4.69) is 25.1 Å². The van der Waals surface area contributed by atoms with Crippen LogP contribution in [0.4, 0.5) is 13.2 Å². The first-order valence-electron chi connectivity index (χ1n) is 9.94. The van der Waals surface area contributed by atoms with Crippen LogP contribution in [0.15, 0.2) is 37.1 Å². The van der Waals surface area contributed by atoms with Crippen LogP contribution in [0.5, 0.6) is 5.88 Å². The van der Waals surface area contributed by atoms with Crippen molar-refractivity contribution in [1.29, 1.82) is 0 Å². The molecule has 1 fully saturated rings. The fourth-order valence-corrected chi connectivity index (χ4v) is 3.58. The Labute approximate surface area is 181 Å². The van der Waals surface area contributed by atoms with E-state index in [0.717, 1.165) is 11.8 Å². The smallest absolute Gasteiger partial charge is 0.434 e. The number of pyridine rings is 1. The molecule has 9 nitrogen and oxygen atoms in total. The number of hydrogen-bond acceptors (Lipinski definition) is 7. The van der Waals surface area contributed by atoms with Crippen LogP contribution < -0.4 is 4.74 Å². The Kier molecular flexibility index (Phi) is 5.76. The molecule has 3 aromatic heterocycles. The molecule has 3 aromatic rings. The molecule has 0 spiro atoms. The van der Waals surface area contributed by atoms with Gasteiger partial charge in [0.1, 0.15) is 11.8 Å². The first-order chi connectivity index (χ1) is 15.2. The third kappa shape index (κ3) is 4.39. The molecule has 0 aromatic carbocycles. The first kappa shape index (κ1) is 21.7. The average Bonchev–Trinajstić information content (AvgIpc) is 3.29. The number of carbonyl (C=O) groups is 1. The van der Waals surface area contributed by atoms with Gasteiger partial charge in [-0.3, -0.25) is 4.79 Å². The van der Waals surface area contributed by atoms with E-state index in [-0.39, 0.29) is 23.5 Å². The zero-order chi connectivity index (χ0) is 22.9. The zero-order valence-electron chi connectivity index (χ0n) is 17.3. The predicted molar refractivity (Wildman–Crippen MR) is 105 cm³/mol. The van der Waals surface area contributed by atoms with Crippen molar-refractivity contribution in [3.8, 4) is 11.6 Å². The highest BCUT2D eigenvalue weighted by atomic mass is 19.4. The normalized spacial score (nSPS) is 19.1. The van der Waals surface area contributed by atoms with Crippen molar-refractivity contribution < 1.29 is 22.7 Å². The zero-order valence-corrected chi connectivity index (χ0v) is 17.3. The van der Waals surface area contributed by atoms with Gasteiger partial charge in [-0.25, -0.2) is 15.0 Å². The summed E-state index contributed by atoms with van der Waals surface area (Å²) < 4.78 is 43.9. The Bertz CT molecular complexity index is 1090. The number of carbonyl (C=O) groups excluding carboxylic acids is 1. The molecule has 1 aliphatic heterocycles. The highest BCUT2D eigenvalue weighted by molar-refractivity contribution is 5.96. The van der Waals surface area contributed by atoms with E-state index in [1.165, 1.54) is 17.2 Å². The predicted octanol–water partition coefficient (Wildman–Crippen LogP) is 2.85. The van der Waals surface area contributed by atoms with Gasteiger partial charge in [0.05, 0.1) is 30.8 Å². The van der Waals surface area contributed by atoms with Gasteiger partial charge in [-0.05, 0) is 38.3 Å². The second-order valence-corrected chi connectivity index (χ2v) is 7.47. The maximum absolute atomic E-state index is 13.4. The maximum atomic E-state index is 13.4. The molecule has 12 heteroatoms. The number of aromatic nitrogens is 6. The van der Waals surface area contributed by atoms with E-state index in [1.54, 1.807) is 17.2 Å². The molecule has 1 aliphatic rings. The minimum atomic E-state index is -4.57. The number of ether oxygens (including phenoxy) is 1. The monoisotopic (exact) mass is 447 g/mol. The van der Waals surface area contributed by atoms with E-state index in [0.29, 0.717) is 31.3 Å². The fourth-order valence-electron chi connectivity index (χ4n) is 3.58. The van der Waals surface area contributed by atoms with Gasteiger partial charge < -0.3 is 9.64 Å². The van der Waals surface area contributed by atoms with Gasteiger partial charge in [-0.2, -0.15) is 23.4 Å². The highest BCUT2D eigenvalue weighted by Crippen LogP contribution is 2.28. The molecule has 0 radical (unpaired) electrons. The van der Waals surface area contributed by atoms with Gasteiger partial charge >= 0.3 is 6.18 Å². The number of hydrogen-bond donors (Lipinski definition) is 0. The number of amides is 1. The summed E-state index contributed by atoms with van der Waals surface area (Å²) in [6, 6.07) is 1.41. The van der Waals surface area contributed by atoms with Crippen LogP contribution in [0.2, 0.25) is 0 Å². The topological polar surface area (TPSA) is 98.9 Å². The van der Waals surface area contributed by atoms with Crippen LogP contribution in [-0.4, -0.2) is 59.4 Å². The van der Waals surface area contributed by atoms with Crippen LogP contribution in [0.25, 0.3) is 5.69 Å². The SMILES string of the molecule is Cc1cnc(C(=O)N2CCCC(Oc3cnc(C(F)(F)F)cn3)C2C)c(-n2nccn2)c1. The number of halogens is 3. The molecule has 0 N–H and O–H groups in total. The number of likely N-dealkylation sites (tertiary alicyclic amines) is 1. The summed E-state index contributed by atoms with van der Waals surface area (Å²) in [6.07, 6.45) is 2.42. The van der Waals surface area contributed by atoms with Gasteiger partial charge in [0.25, 0.3) is 5.91 Å². The highest BCUT2D eigenvalue weighted by Gasteiger charge is 2.36. The van der Waals surface area contributed by atoms with Gasteiger partial charge in [0, 0.05) is 12.7 Å². The Hall–Kier alpha value is -3.57. The summed E-state index contributed by atoms with van der Waals surface area (Å²) in [5.41, 5.74) is 0.420. The average molecular weight is 447 g/mol. The number of piperidine rings is 1. The molecule has 2 atom stereocenters. The van der Waals surface area contributed by atoms with Crippen molar-refractivity contribution >= 4 is 5.91 Å². The van der Waals surface area contributed by atoms with E-state index in [4.69, 9.17) is 4.74 Å². The van der Waals surface area contributed by atoms with Crippen molar-refractivity contribution in [2.45, 2.75) is 45.0 Å². The standard InChI is InChI=1S/C20H20F3N7O2/c1-12-8-14(30-27-5-6-28-30)18(26-9-12)19(31)29-7-3-4-15(13(29)2)32-17-11-24-16(10-25-17)20(21,22)23/h5-6,8-11,13,15H,3-4,7H2,1-2H3. The summed E-state index contributed by atoms with van der Waals surface area (Å²) in [5, 5.41) is 8.21. The molecule has 0 bridgehead atoms. The summed E-state index contributed by atoms with van der Waals surface area (Å²) >= 11 is 0. The minimum absolute atomic E-state index is 0.0287. The van der Waals surface area contributed by atoms with Crippen molar-refractivity contribution in [1.82, 2.24) is 34.8 Å². The van der Waals surface area contributed by atoms with Crippen molar-refractivity contribution in [2.24, 2.45) is 0 Å². The molecule has 4 rings (SSSR count). The number of aryl methyl sites for hydroxylation is 1. The molecule has 168 valence electrons. The molecule has 0 aliphatic carbocycles. The quantitative estimate of drug-likeness (QED) is 0.606. The van der Waals surface area contributed by atoms with Gasteiger partial charge in [0.2, 0.25) is 5.88 Å². The molecule has 1 saturated heterocycles. The van der Waals surface area contributed by atoms with Crippen LogP contribution in [0.1, 0.15) is 41.5 Å². The fraction of sp³-hybridized carbons (Fsp3) is 0.400. The molecule has 32 heavy (non-hydrogen) atoms. The summed E-state index contributed by atoms with van der Waals surface area (Å²) in [5.74, 6) is -0.337. The molecule has 4 heterocycles. The van der Waals surface area contributed by atoms with Crippen molar-refractivity contribution in [3.05, 3.63) is 54.0 Å². The summed E-state index contributed by atoms with van der Waals surface area (Å²) in [7, 11) is 0. The van der Waals surface area contributed by atoms with Gasteiger partial charge in [-0.1, -0.05) is 0 Å². The van der Waals surface area contributed by atoms with Gasteiger partial charge in [-0.15, -0.1) is 4.80 Å². The lowest BCUT2D eigenvalue weighted by Crippen LogP contribution is -2.51. The van der Waals surface area contributed by atoms with Crippen LogP contribution in [0, 0.1) is 6.92 Å². The number of alkyl halides is 3. The number of rotatable bonds is 4. The van der Waals surface area contributed by atoms with E-state index >= 15 is 0 Å². The summed E-state index contributed by atoms with van der Waals surface area (Å²) in [4.78, 5) is 27.8. The largest absolute Gasteiger partial charge is 0.471 e. The Balaban J connectivity index is 1.54. The Morgan fingerprint density at radius 1 is 1.12 bits per heavy atom. The van der Waals surface area contributed by atoms with Crippen LogP contribution >= 0.6 is 0 Å². The van der Waals surface area contributed by atoms with Crippen LogP contribution in [-0.2, 0) is 6.18 Å². The second-order valence-electron chi connectivity index (χ2n) is 7.47. The lowest BCUT2D eigenvalue weighted by Gasteiger charge is -2.38. The van der Waals surface area contributed by atoms with E-state index in [1.807, 2.05) is 13.8 Å². The lowest BCUT2D eigenvalue weighted by atomic mass is 9.99. The second kappa shape index (κ2) is 8.52. The van der Waals surface area contributed by atoms with Crippen molar-refractivity contribution in [2.75, 3.05) is 6.54 Å². The molecular formula is C20H20F3N7O2. The van der Waals surface area contributed by atoms with Gasteiger partial charge in [0.15, 0.2) is 11.4 Å². The Morgan fingerprint density at radius 3 is 2.53 bits per heavy atom. The minimum Gasteiger partial charge on any atom is -0.471 e. The number of nitrogens with zero attached hydrogens (tertiary/aromatic N) is 7.